The molecule has 1 amide bonds. The molecule has 0 aromatic heterocycles. The molecule has 0 bridgehead atoms. The van der Waals surface area contributed by atoms with Crippen LogP contribution in [0, 0.1) is 0 Å². The van der Waals surface area contributed by atoms with Crippen molar-refractivity contribution >= 4 is 17.3 Å². The van der Waals surface area contributed by atoms with Crippen LogP contribution in [0.2, 0.25) is 0 Å². The predicted octanol–water partition coefficient (Wildman–Crippen LogP) is 2.69. The van der Waals surface area contributed by atoms with Gasteiger partial charge in [-0.1, -0.05) is 18.2 Å². The maximum Gasteiger partial charge on any atom is 0.227 e. The predicted molar refractivity (Wildman–Crippen MR) is 82.6 cm³/mol. The summed E-state index contributed by atoms with van der Waals surface area (Å²) < 4.78 is 10.6. The molecule has 0 fully saturated rings. The second kappa shape index (κ2) is 7.19. The first kappa shape index (κ1) is 14.7. The zero-order valence-electron chi connectivity index (χ0n) is 11.8. The summed E-state index contributed by atoms with van der Waals surface area (Å²) in [6.45, 7) is 0.305. The fourth-order valence-electron chi connectivity index (χ4n) is 1.76. The molecule has 3 N–H and O–H groups in total. The molecular formula is C16H18N2O3. The van der Waals surface area contributed by atoms with Crippen LogP contribution in [0.25, 0.3) is 0 Å². The van der Waals surface area contributed by atoms with Gasteiger partial charge in [-0.05, 0) is 24.3 Å². The number of methoxy groups -OCH3 is 1. The van der Waals surface area contributed by atoms with Gasteiger partial charge in [0.1, 0.15) is 11.5 Å². The van der Waals surface area contributed by atoms with Gasteiger partial charge in [-0.2, -0.15) is 0 Å². The maximum atomic E-state index is 11.9. The lowest BCUT2D eigenvalue weighted by Gasteiger charge is -2.10. The molecule has 21 heavy (non-hydrogen) atoms. The second-order valence-electron chi connectivity index (χ2n) is 4.41. The van der Waals surface area contributed by atoms with E-state index in [9.17, 15) is 4.79 Å². The minimum atomic E-state index is -0.161. The van der Waals surface area contributed by atoms with Gasteiger partial charge < -0.3 is 20.5 Å². The van der Waals surface area contributed by atoms with Gasteiger partial charge in [0.05, 0.1) is 31.5 Å². The molecule has 2 aromatic rings. The average molecular weight is 286 g/mol. The fraction of sp³-hybridized carbons (Fsp3) is 0.188. The lowest BCUT2D eigenvalue weighted by atomic mass is 10.2. The molecule has 5 nitrogen and oxygen atoms in total. The summed E-state index contributed by atoms with van der Waals surface area (Å²) >= 11 is 0. The van der Waals surface area contributed by atoms with Crippen LogP contribution >= 0.6 is 0 Å². The van der Waals surface area contributed by atoms with Gasteiger partial charge in [0.25, 0.3) is 0 Å². The molecule has 0 spiro atoms. The van der Waals surface area contributed by atoms with Crippen LogP contribution in [0.5, 0.6) is 11.5 Å². The number of benzene rings is 2. The van der Waals surface area contributed by atoms with E-state index in [2.05, 4.69) is 5.32 Å². The summed E-state index contributed by atoms with van der Waals surface area (Å²) in [6, 6.07) is 14.5. The van der Waals surface area contributed by atoms with Crippen molar-refractivity contribution in [1.29, 1.82) is 0 Å². The quantitative estimate of drug-likeness (QED) is 0.801. The molecule has 110 valence electrons. The third kappa shape index (κ3) is 4.42. The van der Waals surface area contributed by atoms with Crippen LogP contribution in [0.15, 0.2) is 48.5 Å². The molecule has 5 heteroatoms. The Morgan fingerprint density at radius 3 is 2.62 bits per heavy atom. The van der Waals surface area contributed by atoms with E-state index in [0.717, 1.165) is 5.75 Å². The summed E-state index contributed by atoms with van der Waals surface area (Å²) in [4.78, 5) is 11.9. The van der Waals surface area contributed by atoms with Gasteiger partial charge in [0.15, 0.2) is 0 Å². The minimum Gasteiger partial charge on any atom is -0.497 e. The van der Waals surface area contributed by atoms with Crippen LogP contribution in [0.1, 0.15) is 6.42 Å². The van der Waals surface area contributed by atoms with Gasteiger partial charge in [-0.15, -0.1) is 0 Å². The number of ether oxygens (including phenoxy) is 2. The van der Waals surface area contributed by atoms with E-state index in [1.165, 1.54) is 0 Å². The number of rotatable bonds is 6. The third-order valence-corrected chi connectivity index (χ3v) is 2.88. The van der Waals surface area contributed by atoms with Gasteiger partial charge in [-0.25, -0.2) is 0 Å². The highest BCUT2D eigenvalue weighted by atomic mass is 16.5. The van der Waals surface area contributed by atoms with Crippen molar-refractivity contribution in [3.05, 3.63) is 48.5 Å². The second-order valence-corrected chi connectivity index (χ2v) is 4.41. The van der Waals surface area contributed by atoms with Crippen LogP contribution in [0.3, 0.4) is 0 Å². The molecule has 2 aromatic carbocycles. The normalized spacial score (nSPS) is 9.95. The van der Waals surface area contributed by atoms with Gasteiger partial charge in [0, 0.05) is 6.07 Å². The first-order valence-corrected chi connectivity index (χ1v) is 6.60. The smallest absolute Gasteiger partial charge is 0.227 e. The Labute approximate surface area is 123 Å². The molecule has 0 aliphatic heterocycles. The fourth-order valence-corrected chi connectivity index (χ4v) is 1.76. The maximum absolute atomic E-state index is 11.9. The number of nitrogens with two attached hydrogens (primary N) is 1. The molecule has 0 saturated heterocycles. The topological polar surface area (TPSA) is 73.6 Å². The Hall–Kier alpha value is -2.69. The first-order chi connectivity index (χ1) is 10.2. The van der Waals surface area contributed by atoms with Crippen LogP contribution in [-0.2, 0) is 4.79 Å². The Balaban J connectivity index is 1.84. The standard InChI is InChI=1S/C16H18N2O3/c1-20-13-7-8-14(17)15(11-13)18-16(19)9-10-21-12-5-3-2-4-6-12/h2-8,11H,9-10,17H2,1H3,(H,18,19). The summed E-state index contributed by atoms with van der Waals surface area (Å²) in [5.41, 5.74) is 6.85. The molecule has 0 atom stereocenters. The van der Waals surface area contributed by atoms with Crippen LogP contribution < -0.4 is 20.5 Å². The number of hydrogen-bond donors (Lipinski definition) is 2. The monoisotopic (exact) mass is 286 g/mol. The van der Waals surface area contributed by atoms with Crippen molar-refractivity contribution in [3.63, 3.8) is 0 Å². The van der Waals surface area contributed by atoms with E-state index in [1.807, 2.05) is 30.3 Å². The Morgan fingerprint density at radius 1 is 1.14 bits per heavy atom. The number of hydrogen-bond acceptors (Lipinski definition) is 4. The molecule has 0 radical (unpaired) electrons. The first-order valence-electron chi connectivity index (χ1n) is 6.60. The van der Waals surface area contributed by atoms with Gasteiger partial charge in [-0.3, -0.25) is 4.79 Å². The van der Waals surface area contributed by atoms with Crippen molar-refractivity contribution in [2.24, 2.45) is 0 Å². The number of anilines is 2. The number of para-hydroxylation sites is 1. The minimum absolute atomic E-state index is 0.161. The van der Waals surface area contributed by atoms with Crippen molar-refractivity contribution in [2.45, 2.75) is 6.42 Å². The molecule has 2 rings (SSSR count). The Bertz CT molecular complexity index is 600. The molecule has 0 saturated carbocycles. The number of carbonyl (C=O) groups is 1. The van der Waals surface area contributed by atoms with E-state index in [1.54, 1.807) is 25.3 Å². The molecule has 0 aliphatic rings. The van der Waals surface area contributed by atoms with Crippen molar-refractivity contribution < 1.29 is 14.3 Å². The van der Waals surface area contributed by atoms with Crippen LogP contribution in [-0.4, -0.2) is 19.6 Å². The van der Waals surface area contributed by atoms with Crippen LogP contribution in [0.4, 0.5) is 11.4 Å². The highest BCUT2D eigenvalue weighted by Crippen LogP contribution is 2.24. The SMILES string of the molecule is COc1ccc(N)c(NC(=O)CCOc2ccccc2)c1. The van der Waals surface area contributed by atoms with Crippen molar-refractivity contribution in [2.75, 3.05) is 24.8 Å². The van der Waals surface area contributed by atoms with Gasteiger partial charge >= 0.3 is 0 Å². The zero-order valence-corrected chi connectivity index (χ0v) is 11.8. The largest absolute Gasteiger partial charge is 0.497 e. The van der Waals surface area contributed by atoms with Crippen molar-refractivity contribution in [1.82, 2.24) is 0 Å². The third-order valence-electron chi connectivity index (χ3n) is 2.88. The lowest BCUT2D eigenvalue weighted by molar-refractivity contribution is -0.116. The molecule has 0 aliphatic carbocycles. The lowest BCUT2D eigenvalue weighted by Crippen LogP contribution is -2.16. The summed E-state index contributed by atoms with van der Waals surface area (Å²) in [5.74, 6) is 1.22. The number of nitrogen functional groups attached to an aromatic ring is 1. The average Bonchev–Trinajstić information content (AvgIpc) is 2.50. The number of carbonyl (C=O) groups excluding carboxylic acids is 1. The van der Waals surface area contributed by atoms with E-state index in [-0.39, 0.29) is 12.3 Å². The molecule has 0 unspecified atom stereocenters. The van der Waals surface area contributed by atoms with E-state index < -0.39 is 0 Å². The summed E-state index contributed by atoms with van der Waals surface area (Å²) in [5, 5.41) is 2.75. The highest BCUT2D eigenvalue weighted by Gasteiger charge is 2.07. The Morgan fingerprint density at radius 2 is 1.90 bits per heavy atom. The van der Waals surface area contributed by atoms with E-state index in [4.69, 9.17) is 15.2 Å². The van der Waals surface area contributed by atoms with E-state index in [0.29, 0.717) is 23.7 Å². The summed E-state index contributed by atoms with van der Waals surface area (Å²) in [7, 11) is 1.56. The Kier molecular flexibility index (Phi) is 5.04. The van der Waals surface area contributed by atoms with Crippen molar-refractivity contribution in [3.8, 4) is 11.5 Å². The molecule has 0 heterocycles. The highest BCUT2D eigenvalue weighted by molar-refractivity contribution is 5.94. The summed E-state index contributed by atoms with van der Waals surface area (Å²) in [6.07, 6.45) is 0.242. The number of nitrogens with one attached hydrogen (secondary N) is 1. The number of amides is 1. The molecular weight excluding hydrogens is 268 g/mol. The van der Waals surface area contributed by atoms with E-state index >= 15 is 0 Å². The van der Waals surface area contributed by atoms with Gasteiger partial charge in [0.2, 0.25) is 5.91 Å². The zero-order chi connectivity index (χ0) is 15.1.